The Labute approximate surface area is 63.1 Å². The fourth-order valence-corrected chi connectivity index (χ4v) is 2.16. The van der Waals surface area contributed by atoms with Crippen molar-refractivity contribution < 1.29 is 13.2 Å². The SMILES string of the molecule is FC(F)(F)C1CC2C=C[C@@H]1C2. The van der Waals surface area contributed by atoms with E-state index in [2.05, 4.69) is 0 Å². The largest absolute Gasteiger partial charge is 0.392 e. The zero-order valence-electron chi connectivity index (χ0n) is 5.93. The van der Waals surface area contributed by atoms with Crippen molar-refractivity contribution in [1.82, 2.24) is 0 Å². The van der Waals surface area contributed by atoms with Crippen molar-refractivity contribution in [1.29, 1.82) is 0 Å². The molecule has 1 saturated carbocycles. The smallest absolute Gasteiger partial charge is 0.171 e. The van der Waals surface area contributed by atoms with Gasteiger partial charge in [0.25, 0.3) is 0 Å². The van der Waals surface area contributed by atoms with Crippen LogP contribution in [0.3, 0.4) is 0 Å². The summed E-state index contributed by atoms with van der Waals surface area (Å²) in [5, 5.41) is 0. The lowest BCUT2D eigenvalue weighted by Crippen LogP contribution is -2.26. The molecule has 2 rings (SSSR count). The highest BCUT2D eigenvalue weighted by atomic mass is 19.4. The summed E-state index contributed by atoms with van der Waals surface area (Å²) in [4.78, 5) is 0. The molecule has 3 atom stereocenters. The standard InChI is InChI=1S/C8H9F3/c9-8(10,11)7-4-5-1-2-6(7)3-5/h1-2,5-7H,3-4H2/t5?,6-,7?/m1/s1. The quantitative estimate of drug-likeness (QED) is 0.480. The molecule has 0 nitrogen and oxygen atoms in total. The molecule has 11 heavy (non-hydrogen) atoms. The van der Waals surface area contributed by atoms with Gasteiger partial charge in [-0.2, -0.15) is 13.2 Å². The highest BCUT2D eigenvalue weighted by molar-refractivity contribution is 5.11. The molecule has 62 valence electrons. The van der Waals surface area contributed by atoms with Crippen LogP contribution in [0, 0.1) is 17.8 Å². The Kier molecular flexibility index (Phi) is 1.32. The molecule has 0 N–H and O–H groups in total. The molecule has 0 radical (unpaired) electrons. The van der Waals surface area contributed by atoms with Gasteiger partial charge in [0.2, 0.25) is 0 Å². The number of allylic oxidation sites excluding steroid dienone is 2. The van der Waals surface area contributed by atoms with Gasteiger partial charge in [0.1, 0.15) is 0 Å². The van der Waals surface area contributed by atoms with Gasteiger partial charge in [-0.15, -0.1) is 0 Å². The molecule has 0 saturated heterocycles. The fourth-order valence-electron chi connectivity index (χ4n) is 2.16. The van der Waals surface area contributed by atoms with Crippen LogP contribution in [-0.2, 0) is 0 Å². The topological polar surface area (TPSA) is 0 Å². The average molecular weight is 162 g/mol. The first-order valence-corrected chi connectivity index (χ1v) is 3.82. The lowest BCUT2D eigenvalue weighted by atomic mass is 9.93. The number of alkyl halides is 3. The Balaban J connectivity index is 2.15. The highest BCUT2D eigenvalue weighted by Gasteiger charge is 2.50. The van der Waals surface area contributed by atoms with Crippen LogP contribution in [0.1, 0.15) is 12.8 Å². The Bertz CT molecular complexity index is 192. The van der Waals surface area contributed by atoms with E-state index in [9.17, 15) is 13.2 Å². The summed E-state index contributed by atoms with van der Waals surface area (Å²) in [5.41, 5.74) is 0. The fraction of sp³-hybridized carbons (Fsp3) is 0.750. The van der Waals surface area contributed by atoms with Gasteiger partial charge in [0.05, 0.1) is 5.92 Å². The third kappa shape index (κ3) is 1.06. The van der Waals surface area contributed by atoms with Crippen LogP contribution in [0.5, 0.6) is 0 Å². The summed E-state index contributed by atoms with van der Waals surface area (Å²) < 4.78 is 36.6. The van der Waals surface area contributed by atoms with Crippen molar-refractivity contribution in [3.63, 3.8) is 0 Å². The summed E-state index contributed by atoms with van der Waals surface area (Å²) in [5.74, 6) is -1.04. The molecule has 1 fully saturated rings. The molecule has 0 spiro atoms. The maximum atomic E-state index is 12.2. The van der Waals surface area contributed by atoms with E-state index in [0.717, 1.165) is 6.42 Å². The first-order chi connectivity index (χ1) is 5.07. The Morgan fingerprint density at radius 2 is 1.82 bits per heavy atom. The molecular formula is C8H9F3. The molecule has 0 aliphatic heterocycles. The molecule has 0 aromatic heterocycles. The number of rotatable bonds is 0. The minimum absolute atomic E-state index is 0.208. The van der Waals surface area contributed by atoms with E-state index in [1.54, 1.807) is 6.08 Å². The molecular weight excluding hydrogens is 153 g/mol. The zero-order chi connectivity index (χ0) is 8.06. The Morgan fingerprint density at radius 1 is 1.09 bits per heavy atom. The van der Waals surface area contributed by atoms with Crippen molar-refractivity contribution in [3.8, 4) is 0 Å². The van der Waals surface area contributed by atoms with Gasteiger partial charge in [-0.05, 0) is 24.7 Å². The van der Waals surface area contributed by atoms with E-state index < -0.39 is 12.1 Å². The number of hydrogen-bond donors (Lipinski definition) is 0. The van der Waals surface area contributed by atoms with E-state index >= 15 is 0 Å². The lowest BCUT2D eigenvalue weighted by molar-refractivity contribution is -0.180. The van der Waals surface area contributed by atoms with E-state index in [1.807, 2.05) is 6.08 Å². The summed E-state index contributed by atoms with van der Waals surface area (Å²) in [6, 6.07) is 0. The molecule has 2 bridgehead atoms. The number of halogens is 3. The Hall–Kier alpha value is -0.470. The van der Waals surface area contributed by atoms with Crippen LogP contribution in [0.4, 0.5) is 13.2 Å². The minimum Gasteiger partial charge on any atom is -0.171 e. The Morgan fingerprint density at radius 3 is 2.09 bits per heavy atom. The normalized spacial score (nSPS) is 41.9. The first-order valence-electron chi connectivity index (χ1n) is 3.82. The molecule has 0 heterocycles. The molecule has 3 heteroatoms. The highest BCUT2D eigenvalue weighted by Crippen LogP contribution is 2.50. The van der Waals surface area contributed by atoms with Crippen molar-refractivity contribution >= 4 is 0 Å². The summed E-state index contributed by atoms with van der Waals surface area (Å²) in [6.45, 7) is 0. The van der Waals surface area contributed by atoms with Crippen LogP contribution in [0.25, 0.3) is 0 Å². The van der Waals surface area contributed by atoms with Crippen molar-refractivity contribution in [2.24, 2.45) is 17.8 Å². The second kappa shape index (κ2) is 2.02. The minimum atomic E-state index is -3.97. The summed E-state index contributed by atoms with van der Waals surface area (Å²) >= 11 is 0. The van der Waals surface area contributed by atoms with Gasteiger partial charge in [0.15, 0.2) is 0 Å². The van der Waals surface area contributed by atoms with Gasteiger partial charge in [-0.3, -0.25) is 0 Å². The predicted octanol–water partition coefficient (Wildman–Crippen LogP) is 2.76. The van der Waals surface area contributed by atoms with E-state index in [1.165, 1.54) is 0 Å². The van der Waals surface area contributed by atoms with Gasteiger partial charge < -0.3 is 0 Å². The molecule has 0 amide bonds. The monoisotopic (exact) mass is 162 g/mol. The van der Waals surface area contributed by atoms with Crippen LogP contribution in [0.15, 0.2) is 12.2 Å². The second-order valence-electron chi connectivity index (χ2n) is 3.43. The van der Waals surface area contributed by atoms with Crippen molar-refractivity contribution in [2.45, 2.75) is 19.0 Å². The van der Waals surface area contributed by atoms with Crippen molar-refractivity contribution in [3.05, 3.63) is 12.2 Å². The second-order valence-corrected chi connectivity index (χ2v) is 3.43. The van der Waals surface area contributed by atoms with Crippen LogP contribution in [0.2, 0.25) is 0 Å². The maximum Gasteiger partial charge on any atom is 0.392 e. The third-order valence-corrected chi connectivity index (χ3v) is 2.70. The lowest BCUT2D eigenvalue weighted by Gasteiger charge is -2.20. The van der Waals surface area contributed by atoms with Gasteiger partial charge in [0, 0.05) is 0 Å². The van der Waals surface area contributed by atoms with Crippen molar-refractivity contribution in [2.75, 3.05) is 0 Å². The van der Waals surface area contributed by atoms with E-state index in [0.29, 0.717) is 6.42 Å². The summed E-state index contributed by atoms with van der Waals surface area (Å²) in [6.07, 6.45) is 0.734. The third-order valence-electron chi connectivity index (χ3n) is 2.70. The van der Waals surface area contributed by atoms with E-state index in [4.69, 9.17) is 0 Å². The van der Waals surface area contributed by atoms with Gasteiger partial charge in [-0.1, -0.05) is 12.2 Å². The van der Waals surface area contributed by atoms with Gasteiger partial charge in [-0.25, -0.2) is 0 Å². The molecule has 2 aliphatic carbocycles. The van der Waals surface area contributed by atoms with E-state index in [-0.39, 0.29) is 11.8 Å². The molecule has 2 aliphatic rings. The van der Waals surface area contributed by atoms with Crippen LogP contribution >= 0.6 is 0 Å². The predicted molar refractivity (Wildman–Crippen MR) is 34.9 cm³/mol. The molecule has 0 aromatic carbocycles. The first kappa shape index (κ1) is 7.19. The maximum absolute atomic E-state index is 12.2. The summed E-state index contributed by atoms with van der Waals surface area (Å²) in [7, 11) is 0. The average Bonchev–Trinajstić information content (AvgIpc) is 2.42. The number of fused-ring (bicyclic) bond motifs is 2. The van der Waals surface area contributed by atoms with Crippen LogP contribution in [-0.4, -0.2) is 6.18 Å². The molecule has 0 aromatic rings. The van der Waals surface area contributed by atoms with Gasteiger partial charge >= 0.3 is 6.18 Å². The molecule has 2 unspecified atom stereocenters. The number of hydrogen-bond acceptors (Lipinski definition) is 0. The zero-order valence-corrected chi connectivity index (χ0v) is 5.93. The van der Waals surface area contributed by atoms with Crippen LogP contribution < -0.4 is 0 Å².